The van der Waals surface area contributed by atoms with Crippen LogP contribution < -0.4 is 0 Å². The SMILES string of the molecule is CCCOC(=O)CCCC(=O)c1ccc(F)cc1. The standard InChI is InChI=1S/C14H17FO3/c1-2-10-18-14(17)5-3-4-13(16)11-6-8-12(15)9-7-11/h6-9H,2-5,10H2,1H3. The average Bonchev–Trinajstić information content (AvgIpc) is 2.37. The van der Waals surface area contributed by atoms with E-state index in [9.17, 15) is 14.0 Å². The molecule has 0 fully saturated rings. The third-order valence-corrected chi connectivity index (χ3v) is 2.42. The van der Waals surface area contributed by atoms with Crippen molar-refractivity contribution in [1.29, 1.82) is 0 Å². The Hall–Kier alpha value is -1.71. The topological polar surface area (TPSA) is 43.4 Å². The molecule has 0 saturated carbocycles. The van der Waals surface area contributed by atoms with Gasteiger partial charge in [0.15, 0.2) is 5.78 Å². The first-order valence-electron chi connectivity index (χ1n) is 6.08. The molecule has 18 heavy (non-hydrogen) atoms. The van der Waals surface area contributed by atoms with E-state index in [1.165, 1.54) is 24.3 Å². The minimum Gasteiger partial charge on any atom is -0.466 e. The van der Waals surface area contributed by atoms with Crippen LogP contribution in [0.2, 0.25) is 0 Å². The smallest absolute Gasteiger partial charge is 0.305 e. The fraction of sp³-hybridized carbons (Fsp3) is 0.429. The molecule has 0 radical (unpaired) electrons. The summed E-state index contributed by atoms with van der Waals surface area (Å²) in [4.78, 5) is 22.9. The summed E-state index contributed by atoms with van der Waals surface area (Å²) >= 11 is 0. The molecule has 0 heterocycles. The molecule has 4 heteroatoms. The summed E-state index contributed by atoms with van der Waals surface area (Å²) in [6.07, 6.45) is 1.76. The van der Waals surface area contributed by atoms with Crippen LogP contribution in [0.3, 0.4) is 0 Å². The molecule has 0 aromatic heterocycles. The highest BCUT2D eigenvalue weighted by Gasteiger charge is 2.08. The van der Waals surface area contributed by atoms with E-state index < -0.39 is 0 Å². The number of hydrogen-bond acceptors (Lipinski definition) is 3. The largest absolute Gasteiger partial charge is 0.466 e. The molecule has 0 atom stereocenters. The van der Waals surface area contributed by atoms with Gasteiger partial charge in [-0.15, -0.1) is 0 Å². The van der Waals surface area contributed by atoms with Crippen LogP contribution in [0.5, 0.6) is 0 Å². The molecule has 1 rings (SSSR count). The number of hydrogen-bond donors (Lipinski definition) is 0. The van der Waals surface area contributed by atoms with E-state index in [1.54, 1.807) is 0 Å². The first-order valence-corrected chi connectivity index (χ1v) is 6.08. The highest BCUT2D eigenvalue weighted by Crippen LogP contribution is 2.09. The summed E-state index contributed by atoms with van der Waals surface area (Å²) in [5, 5.41) is 0. The lowest BCUT2D eigenvalue weighted by Crippen LogP contribution is -2.06. The lowest BCUT2D eigenvalue weighted by Gasteiger charge is -2.03. The predicted octanol–water partition coefficient (Wildman–Crippen LogP) is 3.13. The van der Waals surface area contributed by atoms with Crippen molar-refractivity contribution >= 4 is 11.8 Å². The molecule has 0 amide bonds. The summed E-state index contributed by atoms with van der Waals surface area (Å²) in [7, 11) is 0. The maximum Gasteiger partial charge on any atom is 0.305 e. The van der Waals surface area contributed by atoms with Crippen LogP contribution in [0.1, 0.15) is 43.0 Å². The number of benzene rings is 1. The zero-order chi connectivity index (χ0) is 13.4. The maximum atomic E-state index is 12.7. The van der Waals surface area contributed by atoms with Gasteiger partial charge in [0.05, 0.1) is 6.61 Å². The number of ketones is 1. The van der Waals surface area contributed by atoms with Gasteiger partial charge in [0.1, 0.15) is 5.82 Å². The molecule has 0 aliphatic rings. The fourth-order valence-corrected chi connectivity index (χ4v) is 1.46. The zero-order valence-corrected chi connectivity index (χ0v) is 10.4. The van der Waals surface area contributed by atoms with E-state index in [-0.39, 0.29) is 30.4 Å². The molecule has 1 aromatic carbocycles. The summed E-state index contributed by atoms with van der Waals surface area (Å²) in [5.74, 6) is -0.725. The van der Waals surface area contributed by atoms with Gasteiger partial charge in [0.25, 0.3) is 0 Å². The summed E-state index contributed by atoms with van der Waals surface area (Å²) < 4.78 is 17.5. The van der Waals surface area contributed by atoms with Crippen molar-refractivity contribution in [3.63, 3.8) is 0 Å². The van der Waals surface area contributed by atoms with Crippen molar-refractivity contribution in [1.82, 2.24) is 0 Å². The first-order chi connectivity index (χ1) is 8.63. The maximum absolute atomic E-state index is 12.7. The second-order valence-corrected chi connectivity index (χ2v) is 4.00. The minimum absolute atomic E-state index is 0.0849. The quantitative estimate of drug-likeness (QED) is 0.553. The molecule has 1 aromatic rings. The van der Waals surface area contributed by atoms with Crippen molar-refractivity contribution in [2.24, 2.45) is 0 Å². The molecule has 3 nitrogen and oxygen atoms in total. The molecule has 98 valence electrons. The fourth-order valence-electron chi connectivity index (χ4n) is 1.46. The van der Waals surface area contributed by atoms with Crippen LogP contribution in [0.4, 0.5) is 4.39 Å². The molecular weight excluding hydrogens is 235 g/mol. The van der Waals surface area contributed by atoms with Crippen LogP contribution in [0.15, 0.2) is 24.3 Å². The Balaban J connectivity index is 2.29. The van der Waals surface area contributed by atoms with Crippen LogP contribution in [-0.4, -0.2) is 18.4 Å². The predicted molar refractivity (Wildman–Crippen MR) is 65.8 cm³/mol. The van der Waals surface area contributed by atoms with Gasteiger partial charge in [-0.3, -0.25) is 9.59 Å². The van der Waals surface area contributed by atoms with Crippen LogP contribution in [-0.2, 0) is 9.53 Å². The van der Waals surface area contributed by atoms with Crippen molar-refractivity contribution in [3.05, 3.63) is 35.6 Å². The Morgan fingerprint density at radius 3 is 2.44 bits per heavy atom. The molecule has 0 aliphatic heterocycles. The molecule has 0 bridgehead atoms. The van der Waals surface area contributed by atoms with Gasteiger partial charge < -0.3 is 4.74 Å². The Morgan fingerprint density at radius 1 is 1.17 bits per heavy atom. The minimum atomic E-state index is -0.366. The zero-order valence-electron chi connectivity index (χ0n) is 10.4. The second kappa shape index (κ2) is 7.58. The highest BCUT2D eigenvalue weighted by molar-refractivity contribution is 5.96. The molecule has 0 spiro atoms. The van der Waals surface area contributed by atoms with E-state index in [1.807, 2.05) is 6.92 Å². The lowest BCUT2D eigenvalue weighted by molar-refractivity contribution is -0.143. The van der Waals surface area contributed by atoms with Crippen LogP contribution in [0, 0.1) is 5.82 Å². The number of esters is 1. The number of rotatable bonds is 7. The van der Waals surface area contributed by atoms with Gasteiger partial charge >= 0.3 is 5.97 Å². The van der Waals surface area contributed by atoms with E-state index in [4.69, 9.17) is 4.74 Å². The van der Waals surface area contributed by atoms with Gasteiger partial charge in [0.2, 0.25) is 0 Å². The van der Waals surface area contributed by atoms with Crippen LogP contribution in [0.25, 0.3) is 0 Å². The van der Waals surface area contributed by atoms with E-state index in [0.717, 1.165) is 6.42 Å². The number of carbonyl (C=O) groups is 2. The summed E-state index contributed by atoms with van der Waals surface area (Å²) in [5.41, 5.74) is 0.471. The third-order valence-electron chi connectivity index (χ3n) is 2.42. The van der Waals surface area contributed by atoms with Gasteiger partial charge in [-0.1, -0.05) is 6.92 Å². The Bertz CT molecular complexity index is 398. The first kappa shape index (κ1) is 14.4. The van der Waals surface area contributed by atoms with Gasteiger partial charge in [-0.25, -0.2) is 4.39 Å². The number of carbonyl (C=O) groups excluding carboxylic acids is 2. The van der Waals surface area contributed by atoms with Crippen molar-refractivity contribution in [2.45, 2.75) is 32.6 Å². The second-order valence-electron chi connectivity index (χ2n) is 4.00. The lowest BCUT2D eigenvalue weighted by atomic mass is 10.1. The van der Waals surface area contributed by atoms with Gasteiger partial charge in [0, 0.05) is 18.4 Å². The normalized spacial score (nSPS) is 10.1. The van der Waals surface area contributed by atoms with E-state index >= 15 is 0 Å². The van der Waals surface area contributed by atoms with Crippen LogP contribution >= 0.6 is 0 Å². The molecule has 0 saturated heterocycles. The Labute approximate surface area is 106 Å². The van der Waals surface area contributed by atoms with E-state index in [2.05, 4.69) is 0 Å². The van der Waals surface area contributed by atoms with Gasteiger partial charge in [-0.05, 0) is 37.1 Å². The van der Waals surface area contributed by atoms with Crippen molar-refractivity contribution in [2.75, 3.05) is 6.61 Å². The number of halogens is 1. The average molecular weight is 252 g/mol. The summed E-state index contributed by atoms with van der Waals surface area (Å²) in [6, 6.07) is 5.41. The number of ether oxygens (including phenoxy) is 1. The highest BCUT2D eigenvalue weighted by atomic mass is 19.1. The Kier molecular flexibility index (Phi) is 6.05. The van der Waals surface area contributed by atoms with Crippen molar-refractivity contribution < 1.29 is 18.7 Å². The van der Waals surface area contributed by atoms with E-state index in [0.29, 0.717) is 18.6 Å². The number of Topliss-reactive ketones (excluding diaryl/α,β-unsaturated/α-hetero) is 1. The molecular formula is C14H17FO3. The Morgan fingerprint density at radius 2 is 1.83 bits per heavy atom. The van der Waals surface area contributed by atoms with Gasteiger partial charge in [-0.2, -0.15) is 0 Å². The molecule has 0 N–H and O–H groups in total. The monoisotopic (exact) mass is 252 g/mol. The molecule has 0 unspecified atom stereocenters. The molecule has 0 aliphatic carbocycles. The third kappa shape index (κ3) is 5.08. The summed E-state index contributed by atoms with van der Waals surface area (Å²) in [6.45, 7) is 2.34. The van der Waals surface area contributed by atoms with Crippen molar-refractivity contribution in [3.8, 4) is 0 Å².